The number of hydrogen-bond donors (Lipinski definition) is 0. The van der Waals surface area contributed by atoms with E-state index in [0.717, 1.165) is 11.3 Å². The molecular weight excluding hydrogens is 242 g/mol. The predicted octanol–water partition coefficient (Wildman–Crippen LogP) is 2.86. The Morgan fingerprint density at radius 1 is 1.41 bits per heavy atom. The van der Waals surface area contributed by atoms with E-state index < -0.39 is 6.09 Å². The summed E-state index contributed by atoms with van der Waals surface area (Å²) in [4.78, 5) is 13.1. The molecule has 90 valence electrons. The van der Waals surface area contributed by atoms with Gasteiger partial charge in [0.25, 0.3) is 0 Å². The van der Waals surface area contributed by atoms with E-state index in [9.17, 15) is 4.79 Å². The Morgan fingerprint density at radius 2 is 2.18 bits per heavy atom. The van der Waals surface area contributed by atoms with Crippen LogP contribution in [0.1, 0.15) is 5.56 Å². The minimum Gasteiger partial charge on any atom is -0.497 e. The Hall–Kier alpha value is -1.68. The van der Waals surface area contributed by atoms with Crippen molar-refractivity contribution in [3.63, 3.8) is 0 Å². The summed E-state index contributed by atoms with van der Waals surface area (Å²) in [6, 6.07) is 5.37. The van der Waals surface area contributed by atoms with E-state index in [1.54, 1.807) is 31.4 Å². The molecule has 1 aromatic rings. The number of ether oxygens (including phenoxy) is 2. The zero-order valence-corrected chi connectivity index (χ0v) is 10.3. The fourth-order valence-electron chi connectivity index (χ4n) is 1.73. The van der Waals surface area contributed by atoms with Crippen LogP contribution in [0.25, 0.3) is 5.03 Å². The second kappa shape index (κ2) is 4.67. The molecule has 1 amide bonds. The maximum Gasteiger partial charge on any atom is 0.414 e. The van der Waals surface area contributed by atoms with E-state index in [4.69, 9.17) is 21.1 Å². The highest BCUT2D eigenvalue weighted by Crippen LogP contribution is 2.36. The molecule has 0 spiro atoms. The van der Waals surface area contributed by atoms with Crippen molar-refractivity contribution >= 4 is 28.4 Å². The summed E-state index contributed by atoms with van der Waals surface area (Å²) >= 11 is 6.12. The first-order valence-electron chi connectivity index (χ1n) is 5.07. The zero-order valence-electron chi connectivity index (χ0n) is 9.57. The van der Waals surface area contributed by atoms with Crippen LogP contribution in [0.15, 0.2) is 24.3 Å². The number of fused-ring (bicyclic) bond motifs is 1. The lowest BCUT2D eigenvalue weighted by Crippen LogP contribution is -2.33. The van der Waals surface area contributed by atoms with Gasteiger partial charge in [-0.05, 0) is 24.3 Å². The van der Waals surface area contributed by atoms with Crippen LogP contribution in [0.4, 0.5) is 10.5 Å². The van der Waals surface area contributed by atoms with Gasteiger partial charge < -0.3 is 9.47 Å². The molecule has 0 unspecified atom stereocenters. The quantitative estimate of drug-likeness (QED) is 0.773. The van der Waals surface area contributed by atoms with E-state index in [2.05, 4.69) is 0 Å². The van der Waals surface area contributed by atoms with E-state index in [-0.39, 0.29) is 0 Å². The third kappa shape index (κ3) is 2.08. The van der Waals surface area contributed by atoms with Crippen LogP contribution in [-0.4, -0.2) is 26.9 Å². The van der Waals surface area contributed by atoms with Gasteiger partial charge in [0.1, 0.15) is 5.75 Å². The largest absolute Gasteiger partial charge is 0.497 e. The molecule has 5 heteroatoms. The summed E-state index contributed by atoms with van der Waals surface area (Å²) in [6.45, 7) is 0.408. The van der Waals surface area contributed by atoms with Gasteiger partial charge in [-0.25, -0.2) is 4.79 Å². The molecule has 0 aromatic heterocycles. The van der Waals surface area contributed by atoms with E-state index in [1.807, 2.05) is 0 Å². The molecule has 0 N–H and O–H groups in total. The predicted molar refractivity (Wildman–Crippen MR) is 66.6 cm³/mol. The van der Waals surface area contributed by atoms with Crippen molar-refractivity contribution in [1.82, 2.24) is 0 Å². The number of halogens is 1. The summed E-state index contributed by atoms with van der Waals surface area (Å²) in [6.07, 6.45) is 1.36. The van der Waals surface area contributed by atoms with Gasteiger partial charge in [0.15, 0.2) is 0 Å². The van der Waals surface area contributed by atoms with Crippen molar-refractivity contribution in [1.29, 1.82) is 0 Å². The monoisotopic (exact) mass is 253 g/mol. The van der Waals surface area contributed by atoms with Crippen LogP contribution in [-0.2, 0) is 4.74 Å². The highest BCUT2D eigenvalue weighted by Gasteiger charge is 2.23. The van der Waals surface area contributed by atoms with Gasteiger partial charge in [-0.1, -0.05) is 11.6 Å². The number of nitrogens with zero attached hydrogens (tertiary/aromatic N) is 1. The van der Waals surface area contributed by atoms with Crippen LogP contribution >= 0.6 is 11.6 Å². The molecule has 1 aliphatic rings. The van der Waals surface area contributed by atoms with Crippen LogP contribution in [0.3, 0.4) is 0 Å². The van der Waals surface area contributed by atoms with Crippen molar-refractivity contribution in [2.75, 3.05) is 25.7 Å². The Kier molecular flexibility index (Phi) is 3.24. The third-order valence-electron chi connectivity index (χ3n) is 2.60. The smallest absolute Gasteiger partial charge is 0.414 e. The van der Waals surface area contributed by atoms with Gasteiger partial charge in [0.2, 0.25) is 0 Å². The summed E-state index contributed by atoms with van der Waals surface area (Å²) in [7, 11) is 2.94. The van der Waals surface area contributed by atoms with Gasteiger partial charge in [0, 0.05) is 17.1 Å². The maximum absolute atomic E-state index is 11.6. The number of methoxy groups -OCH3 is 2. The molecule has 0 saturated carbocycles. The molecule has 0 aliphatic carbocycles. The Balaban J connectivity index is 2.48. The number of hydrogen-bond acceptors (Lipinski definition) is 3. The highest BCUT2D eigenvalue weighted by atomic mass is 35.5. The minimum absolute atomic E-state index is 0.406. The number of amides is 1. The number of benzene rings is 1. The SMILES string of the molecule is COC(=O)N1CC=C(Cl)c2cc(OC)ccc21. The first-order valence-corrected chi connectivity index (χ1v) is 5.44. The first kappa shape index (κ1) is 11.8. The van der Waals surface area contributed by atoms with Gasteiger partial charge in [-0.15, -0.1) is 0 Å². The average molecular weight is 254 g/mol. The second-order valence-corrected chi connectivity index (χ2v) is 3.92. The van der Waals surface area contributed by atoms with Crippen molar-refractivity contribution in [2.24, 2.45) is 0 Å². The molecule has 0 fully saturated rings. The van der Waals surface area contributed by atoms with Crippen LogP contribution in [0.2, 0.25) is 0 Å². The molecule has 4 nitrogen and oxygen atoms in total. The summed E-state index contributed by atoms with van der Waals surface area (Å²) in [5.41, 5.74) is 1.49. The van der Waals surface area contributed by atoms with Gasteiger partial charge in [-0.2, -0.15) is 0 Å². The molecule has 1 heterocycles. The third-order valence-corrected chi connectivity index (χ3v) is 2.96. The van der Waals surface area contributed by atoms with E-state index in [0.29, 0.717) is 17.3 Å². The van der Waals surface area contributed by atoms with Crippen LogP contribution in [0.5, 0.6) is 5.75 Å². The van der Waals surface area contributed by atoms with Crippen LogP contribution < -0.4 is 9.64 Å². The van der Waals surface area contributed by atoms with Crippen molar-refractivity contribution in [2.45, 2.75) is 0 Å². The van der Waals surface area contributed by atoms with Gasteiger partial charge in [0.05, 0.1) is 19.9 Å². The number of anilines is 1. The van der Waals surface area contributed by atoms with Crippen molar-refractivity contribution < 1.29 is 14.3 Å². The molecule has 1 aliphatic heterocycles. The molecule has 0 radical (unpaired) electrons. The number of carbonyl (C=O) groups is 1. The Bertz CT molecular complexity index is 485. The first-order chi connectivity index (χ1) is 8.17. The molecule has 1 aromatic carbocycles. The molecular formula is C12H12ClNO3. The number of carbonyl (C=O) groups excluding carboxylic acids is 1. The fraction of sp³-hybridized carbons (Fsp3) is 0.250. The summed E-state index contributed by atoms with van der Waals surface area (Å²) < 4.78 is 9.85. The molecule has 0 bridgehead atoms. The lowest BCUT2D eigenvalue weighted by molar-refractivity contribution is 0.179. The van der Waals surface area contributed by atoms with Gasteiger partial charge >= 0.3 is 6.09 Å². The highest BCUT2D eigenvalue weighted by molar-refractivity contribution is 6.49. The van der Waals surface area contributed by atoms with E-state index >= 15 is 0 Å². The normalized spacial score (nSPS) is 13.8. The van der Waals surface area contributed by atoms with Crippen molar-refractivity contribution in [3.05, 3.63) is 29.8 Å². The molecule has 0 saturated heterocycles. The maximum atomic E-state index is 11.6. The Labute approximate surface area is 104 Å². The minimum atomic E-state index is -0.406. The number of rotatable bonds is 1. The lowest BCUT2D eigenvalue weighted by Gasteiger charge is -2.26. The second-order valence-electron chi connectivity index (χ2n) is 3.52. The standard InChI is InChI=1S/C12H12ClNO3/c1-16-8-3-4-11-9(7-8)10(13)5-6-14(11)12(15)17-2/h3-5,7H,6H2,1-2H3. The fourth-order valence-corrected chi connectivity index (χ4v) is 1.95. The summed E-state index contributed by atoms with van der Waals surface area (Å²) in [5.74, 6) is 0.696. The van der Waals surface area contributed by atoms with Crippen molar-refractivity contribution in [3.8, 4) is 5.75 Å². The average Bonchev–Trinajstić information content (AvgIpc) is 2.38. The Morgan fingerprint density at radius 3 is 2.82 bits per heavy atom. The molecule has 2 rings (SSSR count). The molecule has 0 atom stereocenters. The van der Waals surface area contributed by atoms with Crippen LogP contribution in [0, 0.1) is 0 Å². The zero-order chi connectivity index (χ0) is 12.4. The van der Waals surface area contributed by atoms with E-state index in [1.165, 1.54) is 12.0 Å². The topological polar surface area (TPSA) is 38.8 Å². The lowest BCUT2D eigenvalue weighted by atomic mass is 10.1. The van der Waals surface area contributed by atoms with Gasteiger partial charge in [-0.3, -0.25) is 4.90 Å². The summed E-state index contributed by atoms with van der Waals surface area (Å²) in [5, 5.41) is 0.610. The molecule has 17 heavy (non-hydrogen) atoms.